The summed E-state index contributed by atoms with van der Waals surface area (Å²) in [7, 11) is 0. The number of aromatic carboxylic acids is 1. The van der Waals surface area contributed by atoms with Crippen LogP contribution in [-0.4, -0.2) is 45.6 Å². The van der Waals surface area contributed by atoms with Gasteiger partial charge in [0.05, 0.1) is 11.1 Å². The molecular formula is C26H18F8NNaO3. The van der Waals surface area contributed by atoms with Gasteiger partial charge in [-0.25, -0.2) is 13.6 Å². The molecule has 1 aromatic heterocycles. The Morgan fingerprint density at radius 1 is 0.923 bits per heavy atom. The van der Waals surface area contributed by atoms with Gasteiger partial charge in [0.15, 0.2) is 5.69 Å². The summed E-state index contributed by atoms with van der Waals surface area (Å²) in [5, 5.41) is 9.31. The first-order chi connectivity index (χ1) is 17.8. The number of halogens is 8. The molecule has 0 aliphatic heterocycles. The van der Waals surface area contributed by atoms with Crippen molar-refractivity contribution in [2.75, 3.05) is 0 Å². The van der Waals surface area contributed by atoms with Gasteiger partial charge in [-0.1, -0.05) is 0 Å². The van der Waals surface area contributed by atoms with Crippen molar-refractivity contribution in [1.29, 1.82) is 0 Å². The van der Waals surface area contributed by atoms with Crippen LogP contribution < -0.4 is 4.74 Å². The van der Waals surface area contributed by atoms with E-state index in [0.717, 1.165) is 42.6 Å². The zero-order chi connectivity index (χ0) is 27.8. The number of benzene rings is 2. The van der Waals surface area contributed by atoms with Gasteiger partial charge in [0.25, 0.3) is 0 Å². The van der Waals surface area contributed by atoms with Crippen molar-refractivity contribution in [2.24, 2.45) is 0 Å². The second-order valence-corrected chi connectivity index (χ2v) is 8.47. The van der Waals surface area contributed by atoms with Crippen LogP contribution in [-0.2, 0) is 19.0 Å². The van der Waals surface area contributed by atoms with Crippen molar-refractivity contribution in [1.82, 2.24) is 4.98 Å². The van der Waals surface area contributed by atoms with Gasteiger partial charge in [0.1, 0.15) is 24.0 Å². The summed E-state index contributed by atoms with van der Waals surface area (Å²) in [5.74, 6) is -3.69. The topological polar surface area (TPSA) is 59.4 Å². The molecule has 39 heavy (non-hydrogen) atoms. The third kappa shape index (κ3) is 6.79. The molecule has 1 aliphatic rings. The number of carbonyl (C=O) groups is 1. The van der Waals surface area contributed by atoms with Gasteiger partial charge < -0.3 is 9.84 Å². The molecule has 2 aromatic carbocycles. The number of ether oxygens (including phenoxy) is 1. The Morgan fingerprint density at radius 2 is 1.62 bits per heavy atom. The van der Waals surface area contributed by atoms with Crippen molar-refractivity contribution in [2.45, 2.75) is 38.2 Å². The molecule has 1 aliphatic carbocycles. The number of aromatic nitrogens is 1. The van der Waals surface area contributed by atoms with E-state index in [4.69, 9.17) is 4.74 Å². The van der Waals surface area contributed by atoms with Gasteiger partial charge >= 0.3 is 47.9 Å². The average Bonchev–Trinajstić information content (AvgIpc) is 3.31. The van der Waals surface area contributed by atoms with E-state index in [1.54, 1.807) is 0 Å². The van der Waals surface area contributed by atoms with Gasteiger partial charge in [-0.05, 0) is 72.4 Å². The Labute approximate surface area is 238 Å². The molecule has 0 unspecified atom stereocenters. The molecule has 4 rings (SSSR count). The number of carboxylic acids is 1. The van der Waals surface area contributed by atoms with E-state index in [1.807, 2.05) is 0 Å². The molecule has 0 saturated heterocycles. The number of nitrogens with zero attached hydrogens (tertiary/aromatic N) is 1. The molecule has 0 radical (unpaired) electrons. The van der Waals surface area contributed by atoms with Gasteiger partial charge in [0, 0.05) is 23.4 Å². The number of allylic oxidation sites excluding steroid dienone is 2. The molecule has 0 saturated carbocycles. The van der Waals surface area contributed by atoms with Crippen molar-refractivity contribution in [3.05, 3.63) is 93.8 Å². The van der Waals surface area contributed by atoms with Crippen molar-refractivity contribution < 1.29 is 49.8 Å². The second-order valence-electron chi connectivity index (χ2n) is 8.47. The monoisotopic (exact) mass is 567 g/mol. The van der Waals surface area contributed by atoms with Crippen LogP contribution in [0, 0.1) is 11.6 Å². The molecule has 0 amide bonds. The Morgan fingerprint density at radius 3 is 2.23 bits per heavy atom. The van der Waals surface area contributed by atoms with E-state index in [-0.39, 0.29) is 64.8 Å². The molecule has 13 heteroatoms. The predicted molar refractivity (Wildman–Crippen MR) is 126 cm³/mol. The van der Waals surface area contributed by atoms with Crippen LogP contribution >= 0.6 is 0 Å². The first-order valence-electron chi connectivity index (χ1n) is 11.1. The van der Waals surface area contributed by atoms with Crippen LogP contribution in [0.1, 0.15) is 57.6 Å². The summed E-state index contributed by atoms with van der Waals surface area (Å²) < 4.78 is 113. The van der Waals surface area contributed by atoms with Gasteiger partial charge in [-0.2, -0.15) is 26.3 Å². The zero-order valence-electron chi connectivity index (χ0n) is 19.2. The summed E-state index contributed by atoms with van der Waals surface area (Å²) in [4.78, 5) is 14.8. The predicted octanol–water partition coefficient (Wildman–Crippen LogP) is 7.12. The van der Waals surface area contributed by atoms with Crippen molar-refractivity contribution in [3.63, 3.8) is 0 Å². The summed E-state index contributed by atoms with van der Waals surface area (Å²) in [6.45, 7) is -0.446. The minimum absolute atomic E-state index is 0. The molecule has 0 spiro atoms. The number of hydrogen-bond donors (Lipinski definition) is 1. The Kier molecular flexibility index (Phi) is 9.13. The third-order valence-electron chi connectivity index (χ3n) is 5.98. The van der Waals surface area contributed by atoms with E-state index in [9.17, 15) is 45.0 Å². The van der Waals surface area contributed by atoms with Gasteiger partial charge in [0.2, 0.25) is 0 Å². The van der Waals surface area contributed by atoms with E-state index >= 15 is 0 Å². The molecule has 202 valence electrons. The van der Waals surface area contributed by atoms with Crippen LogP contribution in [0.25, 0.3) is 11.1 Å². The van der Waals surface area contributed by atoms with E-state index < -0.39 is 53.4 Å². The van der Waals surface area contributed by atoms with Crippen LogP contribution in [0.15, 0.2) is 48.7 Å². The third-order valence-corrected chi connectivity index (χ3v) is 5.98. The molecule has 4 nitrogen and oxygen atoms in total. The maximum absolute atomic E-state index is 14.1. The fourth-order valence-electron chi connectivity index (χ4n) is 4.24. The fourth-order valence-corrected chi connectivity index (χ4v) is 4.24. The Bertz CT molecular complexity index is 1430. The molecule has 0 bridgehead atoms. The summed E-state index contributed by atoms with van der Waals surface area (Å²) in [6.07, 6.45) is -8.09. The van der Waals surface area contributed by atoms with Gasteiger partial charge in [-0.3, -0.25) is 4.98 Å². The minimum atomic E-state index is -5.03. The molecular weight excluding hydrogens is 549 g/mol. The van der Waals surface area contributed by atoms with Crippen molar-refractivity contribution in [3.8, 4) is 5.75 Å². The summed E-state index contributed by atoms with van der Waals surface area (Å²) >= 11 is 0. The molecule has 0 fully saturated rings. The quantitative estimate of drug-likeness (QED) is 0.255. The number of rotatable bonds is 6. The summed E-state index contributed by atoms with van der Waals surface area (Å²) in [6, 6.07) is 6.14. The second kappa shape index (κ2) is 11.6. The van der Waals surface area contributed by atoms with E-state index in [0.29, 0.717) is 23.6 Å². The van der Waals surface area contributed by atoms with Crippen LogP contribution in [0.3, 0.4) is 0 Å². The first-order valence-corrected chi connectivity index (χ1v) is 11.1. The Hall–Kier alpha value is -2.96. The van der Waals surface area contributed by atoms with E-state index in [2.05, 4.69) is 4.98 Å². The molecule has 3 aromatic rings. The first kappa shape index (κ1) is 30.6. The number of alkyl halides is 6. The number of hydrogen-bond acceptors (Lipinski definition) is 3. The Balaban J connectivity index is 0.00000420. The number of carboxylic acid groups (broad SMARTS) is 1. The standard InChI is InChI=1S/C26H17F8NO3.Na.H/c27-16-6-4-13(21(28)10-16)12-38-22-7-5-15(25(29,30)31)9-19(22)18-3-1-2-17(18)14-8-20(24(36)37)23(35-11-14)26(32,33)34;;/h4-11H,1-3,12H2,(H,36,37);;. The molecule has 1 heterocycles. The summed E-state index contributed by atoms with van der Waals surface area (Å²) in [5.41, 5.74) is -3.20. The SMILES string of the molecule is O=C(O)c1cc(C2=C(c3cc(C(F)(F)F)ccc3OCc3ccc(F)cc3F)CCC2)cnc1C(F)(F)F.[NaH]. The van der Waals surface area contributed by atoms with Crippen LogP contribution in [0.4, 0.5) is 35.1 Å². The van der Waals surface area contributed by atoms with Crippen LogP contribution in [0.5, 0.6) is 5.75 Å². The average molecular weight is 567 g/mol. The van der Waals surface area contributed by atoms with Crippen LogP contribution in [0.2, 0.25) is 0 Å². The zero-order valence-corrected chi connectivity index (χ0v) is 19.2. The van der Waals surface area contributed by atoms with Crippen molar-refractivity contribution >= 4 is 46.7 Å². The maximum atomic E-state index is 14.1. The fraction of sp³-hybridized carbons (Fsp3) is 0.231. The number of pyridine rings is 1. The molecule has 0 atom stereocenters. The molecule has 1 N–H and O–H groups in total. The van der Waals surface area contributed by atoms with E-state index in [1.165, 1.54) is 0 Å². The van der Waals surface area contributed by atoms with Gasteiger partial charge in [-0.15, -0.1) is 0 Å². The normalized spacial score (nSPS) is 13.8.